The summed E-state index contributed by atoms with van der Waals surface area (Å²) in [6.07, 6.45) is 5.12. The topological polar surface area (TPSA) is 12.0 Å². The first-order valence-corrected chi connectivity index (χ1v) is 7.58. The zero-order valence-electron chi connectivity index (χ0n) is 12.1. The molecule has 3 atom stereocenters. The first-order chi connectivity index (χ1) is 8.76. The van der Waals surface area contributed by atoms with E-state index < -0.39 is 0 Å². The van der Waals surface area contributed by atoms with Crippen molar-refractivity contribution < 1.29 is 0 Å². The maximum atomic E-state index is 3.63. The summed E-state index contributed by atoms with van der Waals surface area (Å²) >= 11 is 0. The van der Waals surface area contributed by atoms with Gasteiger partial charge in [-0.25, -0.2) is 0 Å². The van der Waals surface area contributed by atoms with Crippen molar-refractivity contribution in [1.29, 1.82) is 0 Å². The van der Waals surface area contributed by atoms with Crippen molar-refractivity contribution >= 4 is 0 Å². The fraction of sp³-hybridized carbons (Fsp3) is 0.647. The van der Waals surface area contributed by atoms with E-state index in [1.165, 1.54) is 31.2 Å². The van der Waals surface area contributed by atoms with Crippen LogP contribution in [0.25, 0.3) is 0 Å². The average molecular weight is 245 g/mol. The van der Waals surface area contributed by atoms with Crippen molar-refractivity contribution in [3.05, 3.63) is 35.4 Å². The molecule has 1 heteroatoms. The molecule has 18 heavy (non-hydrogen) atoms. The van der Waals surface area contributed by atoms with Gasteiger partial charge in [0.1, 0.15) is 0 Å². The molecule has 1 aromatic carbocycles. The highest BCUT2D eigenvalue weighted by molar-refractivity contribution is 5.27. The van der Waals surface area contributed by atoms with E-state index in [0.717, 1.165) is 24.4 Å². The van der Waals surface area contributed by atoms with E-state index in [1.54, 1.807) is 5.56 Å². The third kappa shape index (κ3) is 2.95. The second kappa shape index (κ2) is 6.38. The van der Waals surface area contributed by atoms with Crippen molar-refractivity contribution in [2.24, 2.45) is 5.92 Å². The van der Waals surface area contributed by atoms with E-state index in [2.05, 4.69) is 50.4 Å². The molecule has 1 fully saturated rings. The lowest BCUT2D eigenvalue weighted by atomic mass is 9.88. The van der Waals surface area contributed by atoms with Crippen LogP contribution in [-0.4, -0.2) is 12.6 Å². The molecule has 1 N–H and O–H groups in total. The van der Waals surface area contributed by atoms with Gasteiger partial charge in [-0.2, -0.15) is 0 Å². The number of benzene rings is 1. The maximum absolute atomic E-state index is 3.63. The molecular weight excluding hydrogens is 218 g/mol. The minimum Gasteiger partial charge on any atom is -0.314 e. The van der Waals surface area contributed by atoms with Crippen LogP contribution in [0.4, 0.5) is 0 Å². The Kier molecular flexibility index (Phi) is 4.82. The quantitative estimate of drug-likeness (QED) is 0.822. The molecular formula is C17H27N. The summed E-state index contributed by atoms with van der Waals surface area (Å²) in [5.41, 5.74) is 3.03. The standard InChI is InChI=1S/C17H27N/c1-4-6-14-7-9-15(10-8-14)16-11-12-17(13(16)3)18-5-2/h7-10,13,16-18H,4-6,11-12H2,1-3H3. The third-order valence-corrected chi connectivity index (χ3v) is 4.47. The smallest absolute Gasteiger partial charge is 0.00986 e. The third-order valence-electron chi connectivity index (χ3n) is 4.47. The van der Waals surface area contributed by atoms with Gasteiger partial charge < -0.3 is 5.32 Å². The normalized spacial score (nSPS) is 27.6. The molecule has 0 amide bonds. The molecule has 0 aliphatic heterocycles. The lowest BCUT2D eigenvalue weighted by Crippen LogP contribution is -2.32. The lowest BCUT2D eigenvalue weighted by Gasteiger charge is -2.21. The molecule has 3 unspecified atom stereocenters. The zero-order valence-corrected chi connectivity index (χ0v) is 12.1. The lowest BCUT2D eigenvalue weighted by molar-refractivity contribution is 0.412. The molecule has 0 saturated heterocycles. The van der Waals surface area contributed by atoms with E-state index in [1.807, 2.05) is 0 Å². The predicted octanol–water partition coefficient (Wildman–Crippen LogP) is 4.13. The van der Waals surface area contributed by atoms with Crippen molar-refractivity contribution in [3.63, 3.8) is 0 Å². The number of nitrogens with one attached hydrogen (secondary N) is 1. The maximum Gasteiger partial charge on any atom is 0.00986 e. The van der Waals surface area contributed by atoms with Gasteiger partial charge in [-0.15, -0.1) is 0 Å². The minimum atomic E-state index is 0.718. The van der Waals surface area contributed by atoms with Crippen LogP contribution in [0, 0.1) is 5.92 Å². The van der Waals surface area contributed by atoms with Gasteiger partial charge in [0.25, 0.3) is 0 Å². The van der Waals surface area contributed by atoms with E-state index in [0.29, 0.717) is 0 Å². The second-order valence-corrected chi connectivity index (χ2v) is 5.70. The van der Waals surface area contributed by atoms with Gasteiger partial charge in [0, 0.05) is 6.04 Å². The van der Waals surface area contributed by atoms with Crippen molar-refractivity contribution in [3.8, 4) is 0 Å². The first-order valence-electron chi connectivity index (χ1n) is 7.58. The van der Waals surface area contributed by atoms with Crippen LogP contribution in [-0.2, 0) is 6.42 Å². The molecule has 1 saturated carbocycles. The fourth-order valence-electron chi connectivity index (χ4n) is 3.41. The highest BCUT2D eigenvalue weighted by atomic mass is 14.9. The van der Waals surface area contributed by atoms with Crippen LogP contribution >= 0.6 is 0 Å². The van der Waals surface area contributed by atoms with Crippen LogP contribution in [0.5, 0.6) is 0 Å². The largest absolute Gasteiger partial charge is 0.314 e. The summed E-state index contributed by atoms with van der Waals surface area (Å²) in [6, 6.07) is 10.1. The zero-order chi connectivity index (χ0) is 13.0. The number of hydrogen-bond donors (Lipinski definition) is 1. The van der Waals surface area contributed by atoms with Gasteiger partial charge in [-0.05, 0) is 48.8 Å². The Labute approximate surface area is 112 Å². The van der Waals surface area contributed by atoms with E-state index in [-0.39, 0.29) is 0 Å². The highest BCUT2D eigenvalue weighted by Crippen LogP contribution is 2.39. The Morgan fingerprint density at radius 2 is 1.83 bits per heavy atom. The number of hydrogen-bond acceptors (Lipinski definition) is 1. The molecule has 1 aliphatic rings. The van der Waals surface area contributed by atoms with E-state index in [4.69, 9.17) is 0 Å². The van der Waals surface area contributed by atoms with Gasteiger partial charge in [-0.1, -0.05) is 51.5 Å². The van der Waals surface area contributed by atoms with Crippen LogP contribution in [0.15, 0.2) is 24.3 Å². The molecule has 0 aromatic heterocycles. The molecule has 0 heterocycles. The van der Waals surface area contributed by atoms with Crippen molar-refractivity contribution in [2.75, 3.05) is 6.54 Å². The second-order valence-electron chi connectivity index (χ2n) is 5.70. The van der Waals surface area contributed by atoms with Gasteiger partial charge in [0.2, 0.25) is 0 Å². The predicted molar refractivity (Wildman–Crippen MR) is 79.0 cm³/mol. The average Bonchev–Trinajstić information content (AvgIpc) is 2.73. The Bertz CT molecular complexity index is 354. The van der Waals surface area contributed by atoms with Crippen molar-refractivity contribution in [1.82, 2.24) is 5.32 Å². The van der Waals surface area contributed by atoms with Crippen molar-refractivity contribution in [2.45, 2.75) is 58.4 Å². The summed E-state index contributed by atoms with van der Waals surface area (Å²) in [5, 5.41) is 3.63. The Balaban J connectivity index is 2.03. The monoisotopic (exact) mass is 245 g/mol. The van der Waals surface area contributed by atoms with Gasteiger partial charge >= 0.3 is 0 Å². The summed E-state index contributed by atoms with van der Waals surface area (Å²) in [7, 11) is 0. The summed E-state index contributed by atoms with van der Waals surface area (Å²) in [4.78, 5) is 0. The number of aryl methyl sites for hydroxylation is 1. The minimum absolute atomic E-state index is 0.718. The van der Waals surface area contributed by atoms with Crippen LogP contribution in [0.3, 0.4) is 0 Å². The van der Waals surface area contributed by atoms with Gasteiger partial charge in [0.15, 0.2) is 0 Å². The Morgan fingerprint density at radius 3 is 2.44 bits per heavy atom. The van der Waals surface area contributed by atoms with Gasteiger partial charge in [-0.3, -0.25) is 0 Å². The molecule has 0 radical (unpaired) electrons. The molecule has 100 valence electrons. The van der Waals surface area contributed by atoms with Gasteiger partial charge in [0.05, 0.1) is 0 Å². The highest BCUT2D eigenvalue weighted by Gasteiger charge is 2.32. The number of rotatable bonds is 5. The summed E-state index contributed by atoms with van der Waals surface area (Å²) < 4.78 is 0. The Hall–Kier alpha value is -0.820. The molecule has 2 rings (SSSR count). The molecule has 1 nitrogen and oxygen atoms in total. The molecule has 0 spiro atoms. The van der Waals surface area contributed by atoms with E-state index >= 15 is 0 Å². The Morgan fingerprint density at radius 1 is 1.11 bits per heavy atom. The summed E-state index contributed by atoms with van der Waals surface area (Å²) in [5.74, 6) is 1.52. The molecule has 1 aromatic rings. The van der Waals surface area contributed by atoms with Crippen LogP contribution in [0.2, 0.25) is 0 Å². The molecule has 1 aliphatic carbocycles. The van der Waals surface area contributed by atoms with Crippen LogP contribution in [0.1, 0.15) is 57.1 Å². The fourth-order valence-corrected chi connectivity index (χ4v) is 3.41. The van der Waals surface area contributed by atoms with Crippen LogP contribution < -0.4 is 5.32 Å². The SMILES string of the molecule is CCCc1ccc(C2CCC(NCC)C2C)cc1. The van der Waals surface area contributed by atoms with E-state index in [9.17, 15) is 0 Å². The summed E-state index contributed by atoms with van der Waals surface area (Å²) in [6.45, 7) is 7.95. The molecule has 0 bridgehead atoms. The first kappa shape index (κ1) is 13.6.